The monoisotopic (exact) mass is 324 g/mol. The summed E-state index contributed by atoms with van der Waals surface area (Å²) in [4.78, 5) is 36.9. The van der Waals surface area contributed by atoms with Crippen LogP contribution in [0.1, 0.15) is 39.1 Å². The van der Waals surface area contributed by atoms with Crippen LogP contribution in [-0.2, 0) is 0 Å². The van der Waals surface area contributed by atoms with Gasteiger partial charge in [-0.05, 0) is 37.6 Å². The summed E-state index contributed by atoms with van der Waals surface area (Å²) in [5.74, 6) is -0.225. The number of anilines is 1. The van der Waals surface area contributed by atoms with Gasteiger partial charge in [0.2, 0.25) is 0 Å². The molecule has 3 rings (SSSR count). The first-order valence-electron chi connectivity index (χ1n) is 7.67. The number of nitro benzene ring substituents is 1. The van der Waals surface area contributed by atoms with Crippen molar-refractivity contribution in [1.29, 1.82) is 0 Å². The molecule has 2 aromatic rings. The Morgan fingerprint density at radius 1 is 1.17 bits per heavy atom. The van der Waals surface area contributed by atoms with Gasteiger partial charge in [0.15, 0.2) is 5.78 Å². The number of nitro groups is 1. The van der Waals surface area contributed by atoms with Crippen LogP contribution < -0.4 is 4.90 Å². The molecule has 0 saturated heterocycles. The van der Waals surface area contributed by atoms with Crippen LogP contribution in [-0.4, -0.2) is 23.2 Å². The number of nitrogens with zero attached hydrogens (tertiary/aromatic N) is 2. The summed E-state index contributed by atoms with van der Waals surface area (Å²) in [6.07, 6.45) is 0.992. The molecule has 0 N–H and O–H groups in total. The lowest BCUT2D eigenvalue weighted by Gasteiger charge is -2.22. The molecule has 2 aromatic carbocycles. The summed E-state index contributed by atoms with van der Waals surface area (Å²) in [5, 5.41) is 10.7. The van der Waals surface area contributed by atoms with Crippen LogP contribution in [0.25, 0.3) is 0 Å². The van der Waals surface area contributed by atoms with Gasteiger partial charge in [-0.1, -0.05) is 11.6 Å². The Kier molecular flexibility index (Phi) is 4.12. The van der Waals surface area contributed by atoms with E-state index in [0.717, 1.165) is 5.56 Å². The second-order valence-electron chi connectivity index (χ2n) is 5.81. The Hall–Kier alpha value is -3.02. The molecule has 0 saturated carbocycles. The zero-order valence-electron chi connectivity index (χ0n) is 13.2. The largest absolute Gasteiger partial charge is 0.308 e. The molecule has 0 aliphatic carbocycles. The Morgan fingerprint density at radius 2 is 1.88 bits per heavy atom. The lowest BCUT2D eigenvalue weighted by atomic mass is 10.0. The van der Waals surface area contributed by atoms with Gasteiger partial charge in [0, 0.05) is 36.2 Å². The van der Waals surface area contributed by atoms with Crippen LogP contribution in [0, 0.1) is 17.0 Å². The standard InChI is InChI=1S/C18H16N2O4/c1-12-4-9-16-15(11-12)17(21)3-2-10-19(16)18(22)13-5-7-14(8-6-13)20(23)24/h4-9,11H,2-3,10H2,1H3. The molecule has 0 unspecified atom stereocenters. The van der Waals surface area contributed by atoms with E-state index in [1.807, 2.05) is 13.0 Å². The van der Waals surface area contributed by atoms with Gasteiger partial charge < -0.3 is 4.90 Å². The molecular formula is C18H16N2O4. The summed E-state index contributed by atoms with van der Waals surface area (Å²) in [6, 6.07) is 11.0. The molecule has 1 aliphatic heterocycles. The molecular weight excluding hydrogens is 308 g/mol. The first-order chi connectivity index (χ1) is 11.5. The number of hydrogen-bond donors (Lipinski definition) is 0. The molecule has 1 aliphatic rings. The molecule has 1 heterocycles. The van der Waals surface area contributed by atoms with Gasteiger partial charge in [-0.25, -0.2) is 0 Å². The van der Waals surface area contributed by atoms with Crippen molar-refractivity contribution in [3.63, 3.8) is 0 Å². The highest BCUT2D eigenvalue weighted by Crippen LogP contribution is 2.29. The molecule has 6 nitrogen and oxygen atoms in total. The van der Waals surface area contributed by atoms with Gasteiger partial charge in [-0.2, -0.15) is 0 Å². The smallest absolute Gasteiger partial charge is 0.269 e. The summed E-state index contributed by atoms with van der Waals surface area (Å²) in [7, 11) is 0. The third kappa shape index (κ3) is 2.90. The molecule has 24 heavy (non-hydrogen) atoms. The van der Waals surface area contributed by atoms with E-state index in [0.29, 0.717) is 36.2 Å². The first-order valence-corrected chi connectivity index (χ1v) is 7.67. The van der Waals surface area contributed by atoms with Gasteiger partial charge >= 0.3 is 0 Å². The number of hydrogen-bond acceptors (Lipinski definition) is 4. The van der Waals surface area contributed by atoms with Gasteiger partial charge in [0.25, 0.3) is 11.6 Å². The quantitative estimate of drug-likeness (QED) is 0.625. The summed E-state index contributed by atoms with van der Waals surface area (Å²) in [6.45, 7) is 2.35. The van der Waals surface area contributed by atoms with Crippen molar-refractivity contribution in [3.05, 3.63) is 69.3 Å². The molecule has 0 bridgehead atoms. The fourth-order valence-corrected chi connectivity index (χ4v) is 2.85. The third-order valence-corrected chi connectivity index (χ3v) is 4.10. The topological polar surface area (TPSA) is 80.5 Å². The second-order valence-corrected chi connectivity index (χ2v) is 5.81. The van der Waals surface area contributed by atoms with Crippen LogP contribution in [0.4, 0.5) is 11.4 Å². The molecule has 6 heteroatoms. The van der Waals surface area contributed by atoms with Crippen LogP contribution >= 0.6 is 0 Å². The van der Waals surface area contributed by atoms with Crippen molar-refractivity contribution in [3.8, 4) is 0 Å². The Labute approximate surface area is 138 Å². The minimum absolute atomic E-state index is 0.0349. The number of carbonyl (C=O) groups excluding carboxylic acids is 2. The minimum atomic E-state index is -0.503. The lowest BCUT2D eigenvalue weighted by molar-refractivity contribution is -0.384. The van der Waals surface area contributed by atoms with E-state index in [4.69, 9.17) is 0 Å². The van der Waals surface area contributed by atoms with Gasteiger partial charge in [-0.3, -0.25) is 19.7 Å². The van der Waals surface area contributed by atoms with Crippen molar-refractivity contribution >= 4 is 23.1 Å². The SMILES string of the molecule is Cc1ccc2c(c1)C(=O)CCCN2C(=O)c1ccc([N+](=O)[O-])cc1. The fourth-order valence-electron chi connectivity index (χ4n) is 2.85. The molecule has 0 aromatic heterocycles. The lowest BCUT2D eigenvalue weighted by Crippen LogP contribution is -2.31. The van der Waals surface area contributed by atoms with E-state index in [1.165, 1.54) is 24.3 Å². The number of rotatable bonds is 2. The molecule has 0 radical (unpaired) electrons. The van der Waals surface area contributed by atoms with E-state index in [2.05, 4.69) is 0 Å². The second kappa shape index (κ2) is 6.23. The van der Waals surface area contributed by atoms with E-state index in [-0.39, 0.29) is 17.4 Å². The predicted molar refractivity (Wildman–Crippen MR) is 89.5 cm³/mol. The Morgan fingerprint density at radius 3 is 2.54 bits per heavy atom. The van der Waals surface area contributed by atoms with E-state index in [1.54, 1.807) is 17.0 Å². The fraction of sp³-hybridized carbons (Fsp3) is 0.222. The summed E-state index contributed by atoms with van der Waals surface area (Å²) >= 11 is 0. The normalized spacial score (nSPS) is 14.0. The Balaban J connectivity index is 1.99. The van der Waals surface area contributed by atoms with Gasteiger partial charge in [-0.15, -0.1) is 0 Å². The first kappa shape index (κ1) is 15.9. The number of aryl methyl sites for hydroxylation is 1. The van der Waals surface area contributed by atoms with Crippen molar-refractivity contribution in [2.75, 3.05) is 11.4 Å². The van der Waals surface area contributed by atoms with E-state index >= 15 is 0 Å². The van der Waals surface area contributed by atoms with Crippen molar-refractivity contribution < 1.29 is 14.5 Å². The van der Waals surface area contributed by atoms with Gasteiger partial charge in [0.1, 0.15) is 0 Å². The van der Waals surface area contributed by atoms with E-state index < -0.39 is 4.92 Å². The van der Waals surface area contributed by atoms with Crippen LogP contribution in [0.15, 0.2) is 42.5 Å². The average Bonchev–Trinajstić information content (AvgIpc) is 2.73. The number of ketones is 1. The van der Waals surface area contributed by atoms with Crippen LogP contribution in [0.2, 0.25) is 0 Å². The summed E-state index contributed by atoms with van der Waals surface area (Å²) < 4.78 is 0. The maximum Gasteiger partial charge on any atom is 0.269 e. The summed E-state index contributed by atoms with van der Waals surface area (Å²) in [5.41, 5.74) is 2.43. The maximum absolute atomic E-state index is 12.8. The predicted octanol–water partition coefficient (Wildman–Crippen LogP) is 3.53. The number of non-ortho nitro benzene ring substituents is 1. The van der Waals surface area contributed by atoms with E-state index in [9.17, 15) is 19.7 Å². The number of fused-ring (bicyclic) bond motifs is 1. The molecule has 0 spiro atoms. The maximum atomic E-state index is 12.8. The Bertz CT molecular complexity index is 827. The number of benzene rings is 2. The molecule has 122 valence electrons. The van der Waals surface area contributed by atoms with Crippen molar-refractivity contribution in [2.24, 2.45) is 0 Å². The molecule has 0 atom stereocenters. The zero-order valence-corrected chi connectivity index (χ0v) is 13.2. The van der Waals surface area contributed by atoms with Gasteiger partial charge in [0.05, 0.1) is 10.6 Å². The average molecular weight is 324 g/mol. The van der Waals surface area contributed by atoms with Crippen LogP contribution in [0.3, 0.4) is 0 Å². The molecule has 0 fully saturated rings. The van der Waals surface area contributed by atoms with Crippen molar-refractivity contribution in [1.82, 2.24) is 0 Å². The molecule has 1 amide bonds. The number of amides is 1. The highest BCUT2D eigenvalue weighted by molar-refractivity contribution is 6.11. The highest BCUT2D eigenvalue weighted by atomic mass is 16.6. The highest BCUT2D eigenvalue weighted by Gasteiger charge is 2.26. The van der Waals surface area contributed by atoms with Crippen molar-refractivity contribution in [2.45, 2.75) is 19.8 Å². The number of Topliss-reactive ketones (excluding diaryl/α,β-unsaturated/α-hetero) is 1. The third-order valence-electron chi connectivity index (χ3n) is 4.10. The van der Waals surface area contributed by atoms with Crippen LogP contribution in [0.5, 0.6) is 0 Å². The number of carbonyl (C=O) groups is 2. The zero-order chi connectivity index (χ0) is 17.3. The minimum Gasteiger partial charge on any atom is -0.308 e.